The molecule has 0 fully saturated rings. The Kier molecular flexibility index (Phi) is 1.88. The average molecular weight is 194 g/mol. The molecule has 6 heteroatoms. The molecule has 5 nitrogen and oxygen atoms in total. The lowest BCUT2D eigenvalue weighted by molar-refractivity contribution is 0.398. The number of aryl methyl sites for hydroxylation is 1. The molecule has 0 unspecified atom stereocenters. The first-order chi connectivity index (χ1) is 6.70. The number of halogens is 1. The zero-order valence-electron chi connectivity index (χ0n) is 7.36. The minimum Gasteiger partial charge on any atom is -0.381 e. The van der Waals surface area contributed by atoms with E-state index in [9.17, 15) is 4.39 Å². The molecule has 0 aromatic carbocycles. The van der Waals surface area contributed by atoms with Crippen LogP contribution in [0.5, 0.6) is 0 Å². The summed E-state index contributed by atoms with van der Waals surface area (Å²) in [6.07, 6.45) is 2.58. The zero-order chi connectivity index (χ0) is 10.1. The molecular formula is C8H7FN4O. The second-order valence-corrected chi connectivity index (χ2v) is 2.72. The quantitative estimate of drug-likeness (QED) is 0.736. The Balaban J connectivity index is 2.63. The molecule has 2 aromatic rings. The lowest BCUT2D eigenvalue weighted by Crippen LogP contribution is -1.99. The summed E-state index contributed by atoms with van der Waals surface area (Å²) in [5.74, 6) is -0.351. The molecule has 0 radical (unpaired) electrons. The van der Waals surface area contributed by atoms with Gasteiger partial charge in [0, 0.05) is 0 Å². The van der Waals surface area contributed by atoms with E-state index >= 15 is 0 Å². The predicted molar refractivity (Wildman–Crippen MR) is 46.6 cm³/mol. The number of aromatic nitrogens is 3. The van der Waals surface area contributed by atoms with Crippen molar-refractivity contribution in [3.8, 4) is 11.3 Å². The van der Waals surface area contributed by atoms with Crippen LogP contribution < -0.4 is 5.73 Å². The number of nitrogens with zero attached hydrogens (tertiary/aromatic N) is 3. The van der Waals surface area contributed by atoms with Crippen molar-refractivity contribution in [1.82, 2.24) is 15.1 Å². The van der Waals surface area contributed by atoms with Crippen molar-refractivity contribution in [2.75, 3.05) is 5.73 Å². The van der Waals surface area contributed by atoms with E-state index in [0.29, 0.717) is 11.3 Å². The van der Waals surface area contributed by atoms with Gasteiger partial charge >= 0.3 is 0 Å². The summed E-state index contributed by atoms with van der Waals surface area (Å²) in [5, 5.41) is 3.53. The van der Waals surface area contributed by atoms with Gasteiger partial charge in [-0.2, -0.15) is 0 Å². The van der Waals surface area contributed by atoms with Gasteiger partial charge < -0.3 is 10.3 Å². The summed E-state index contributed by atoms with van der Waals surface area (Å²) in [6.45, 7) is 1.67. The molecule has 72 valence electrons. The second-order valence-electron chi connectivity index (χ2n) is 2.72. The summed E-state index contributed by atoms with van der Waals surface area (Å²) in [7, 11) is 0. The van der Waals surface area contributed by atoms with Gasteiger partial charge in [-0.15, -0.1) is 0 Å². The number of rotatable bonds is 1. The largest absolute Gasteiger partial charge is 0.381 e. The Hall–Kier alpha value is -1.98. The number of hydrogen-bond acceptors (Lipinski definition) is 5. The van der Waals surface area contributed by atoms with E-state index in [-0.39, 0.29) is 11.5 Å². The molecule has 0 saturated heterocycles. The van der Waals surface area contributed by atoms with E-state index < -0.39 is 5.82 Å². The van der Waals surface area contributed by atoms with Gasteiger partial charge in [0.15, 0.2) is 11.6 Å². The molecule has 0 aliphatic heterocycles. The van der Waals surface area contributed by atoms with Gasteiger partial charge in [-0.3, -0.25) is 0 Å². The number of nitrogen functional groups attached to an aromatic ring is 1. The zero-order valence-corrected chi connectivity index (χ0v) is 7.36. The maximum atomic E-state index is 13.4. The van der Waals surface area contributed by atoms with E-state index in [0.717, 1.165) is 0 Å². The first-order valence-electron chi connectivity index (χ1n) is 3.87. The van der Waals surface area contributed by atoms with Crippen molar-refractivity contribution in [3.63, 3.8) is 0 Å². The number of nitrogens with two attached hydrogens (primary N) is 1. The fraction of sp³-hybridized carbons (Fsp3) is 0.125. The van der Waals surface area contributed by atoms with Crippen molar-refractivity contribution in [1.29, 1.82) is 0 Å². The highest BCUT2D eigenvalue weighted by Crippen LogP contribution is 2.24. The first kappa shape index (κ1) is 8.61. The van der Waals surface area contributed by atoms with E-state index in [2.05, 4.69) is 15.1 Å². The summed E-state index contributed by atoms with van der Waals surface area (Å²) in [6, 6.07) is 0. The van der Waals surface area contributed by atoms with E-state index in [1.807, 2.05) is 0 Å². The fourth-order valence-electron chi connectivity index (χ4n) is 1.10. The highest BCUT2D eigenvalue weighted by atomic mass is 19.1. The van der Waals surface area contributed by atoms with Crippen molar-refractivity contribution in [2.45, 2.75) is 6.92 Å². The molecule has 0 saturated carbocycles. The van der Waals surface area contributed by atoms with Crippen LogP contribution in [-0.2, 0) is 0 Å². The molecule has 0 spiro atoms. The van der Waals surface area contributed by atoms with Gasteiger partial charge in [0.05, 0.1) is 11.8 Å². The van der Waals surface area contributed by atoms with Crippen LogP contribution in [0.4, 0.5) is 10.2 Å². The smallest absolute Gasteiger partial charge is 0.191 e. The molecule has 0 aliphatic carbocycles. The van der Waals surface area contributed by atoms with Gasteiger partial charge in [0.2, 0.25) is 0 Å². The van der Waals surface area contributed by atoms with Crippen LogP contribution in [0.1, 0.15) is 5.76 Å². The topological polar surface area (TPSA) is 77.8 Å². The monoisotopic (exact) mass is 194 g/mol. The molecule has 2 N–H and O–H groups in total. The summed E-state index contributed by atoms with van der Waals surface area (Å²) in [4.78, 5) is 7.30. The van der Waals surface area contributed by atoms with Crippen LogP contribution in [0.15, 0.2) is 17.0 Å². The Morgan fingerprint density at radius 3 is 2.86 bits per heavy atom. The molecule has 2 aromatic heterocycles. The molecule has 0 atom stereocenters. The second kappa shape index (κ2) is 3.06. The van der Waals surface area contributed by atoms with Crippen molar-refractivity contribution in [3.05, 3.63) is 24.1 Å². The SMILES string of the molecule is Cc1oncc1-c1ncnc(N)c1F. The van der Waals surface area contributed by atoms with Gasteiger partial charge in [-0.25, -0.2) is 14.4 Å². The van der Waals surface area contributed by atoms with Gasteiger partial charge in [-0.05, 0) is 6.92 Å². The third-order valence-electron chi connectivity index (χ3n) is 1.82. The van der Waals surface area contributed by atoms with Gasteiger partial charge in [0.1, 0.15) is 17.8 Å². The fourth-order valence-corrected chi connectivity index (χ4v) is 1.10. The van der Waals surface area contributed by atoms with Crippen molar-refractivity contribution >= 4 is 5.82 Å². The summed E-state index contributed by atoms with van der Waals surface area (Å²) < 4.78 is 18.2. The molecule has 0 bridgehead atoms. The molecule has 0 aliphatic rings. The Bertz CT molecular complexity index is 468. The molecule has 0 amide bonds. The third kappa shape index (κ3) is 1.20. The van der Waals surface area contributed by atoms with Crippen LogP contribution in [0.25, 0.3) is 11.3 Å². The maximum Gasteiger partial charge on any atom is 0.191 e. The highest BCUT2D eigenvalue weighted by molar-refractivity contribution is 5.63. The standard InChI is InChI=1S/C8H7FN4O/c1-4-5(2-13-14-4)7-6(9)8(10)12-3-11-7/h2-3H,1H3,(H2,10,11,12). The predicted octanol–water partition coefficient (Wildman–Crippen LogP) is 1.16. The first-order valence-corrected chi connectivity index (χ1v) is 3.87. The van der Waals surface area contributed by atoms with E-state index in [1.54, 1.807) is 6.92 Å². The third-order valence-corrected chi connectivity index (χ3v) is 1.82. The molecule has 14 heavy (non-hydrogen) atoms. The molecule has 2 heterocycles. The molecular weight excluding hydrogens is 187 g/mol. The number of anilines is 1. The van der Waals surface area contributed by atoms with Gasteiger partial charge in [-0.1, -0.05) is 5.16 Å². The Morgan fingerprint density at radius 1 is 1.43 bits per heavy atom. The van der Waals surface area contributed by atoms with E-state index in [4.69, 9.17) is 10.3 Å². The van der Waals surface area contributed by atoms with Crippen LogP contribution in [0.3, 0.4) is 0 Å². The molecule has 2 rings (SSSR count). The van der Waals surface area contributed by atoms with Crippen molar-refractivity contribution < 1.29 is 8.91 Å². The van der Waals surface area contributed by atoms with Gasteiger partial charge in [0.25, 0.3) is 0 Å². The Morgan fingerprint density at radius 2 is 2.21 bits per heavy atom. The highest BCUT2D eigenvalue weighted by Gasteiger charge is 2.15. The van der Waals surface area contributed by atoms with E-state index in [1.165, 1.54) is 12.5 Å². The summed E-state index contributed by atoms with van der Waals surface area (Å²) >= 11 is 0. The summed E-state index contributed by atoms with van der Waals surface area (Å²) in [5.41, 5.74) is 5.89. The van der Waals surface area contributed by atoms with Crippen molar-refractivity contribution in [2.24, 2.45) is 0 Å². The maximum absolute atomic E-state index is 13.4. The van der Waals surface area contributed by atoms with Crippen LogP contribution >= 0.6 is 0 Å². The Labute approximate surface area is 78.8 Å². The van der Waals surface area contributed by atoms with Crippen LogP contribution in [0.2, 0.25) is 0 Å². The average Bonchev–Trinajstić information content (AvgIpc) is 2.57. The minimum absolute atomic E-state index is 0.108. The van der Waals surface area contributed by atoms with Crippen LogP contribution in [-0.4, -0.2) is 15.1 Å². The lowest BCUT2D eigenvalue weighted by Gasteiger charge is -2.00. The normalized spacial score (nSPS) is 10.4. The number of hydrogen-bond donors (Lipinski definition) is 1. The minimum atomic E-state index is -0.654. The van der Waals surface area contributed by atoms with Crippen LogP contribution in [0, 0.1) is 12.7 Å². The lowest BCUT2D eigenvalue weighted by atomic mass is 10.2.